The van der Waals surface area contributed by atoms with Crippen LogP contribution < -0.4 is 14.2 Å². The minimum atomic E-state index is -4.21. The average molecular weight is 387 g/mol. The molecule has 0 saturated heterocycles. The standard InChI is InChI=1S/C16H18FNO7S/c1-9-11(16(19)24-4)5-10(25-9)8-18-26(20,21)15-7-14(23-3)13(22-2)6-12(15)17/h5-7,18H,8H2,1-4H3. The van der Waals surface area contributed by atoms with Crippen molar-refractivity contribution in [2.24, 2.45) is 0 Å². The summed E-state index contributed by atoms with van der Waals surface area (Å²) >= 11 is 0. The van der Waals surface area contributed by atoms with E-state index < -0.39 is 26.7 Å². The van der Waals surface area contributed by atoms with E-state index in [1.165, 1.54) is 34.3 Å². The monoisotopic (exact) mass is 387 g/mol. The highest BCUT2D eigenvalue weighted by molar-refractivity contribution is 7.89. The summed E-state index contributed by atoms with van der Waals surface area (Å²) in [4.78, 5) is 10.9. The van der Waals surface area contributed by atoms with Crippen molar-refractivity contribution >= 4 is 16.0 Å². The zero-order valence-corrected chi connectivity index (χ0v) is 15.4. The van der Waals surface area contributed by atoms with Gasteiger partial charge in [0.2, 0.25) is 10.0 Å². The molecular weight excluding hydrogens is 369 g/mol. The van der Waals surface area contributed by atoms with Crippen LogP contribution in [0.3, 0.4) is 0 Å². The fraction of sp³-hybridized carbons (Fsp3) is 0.312. The number of benzene rings is 1. The van der Waals surface area contributed by atoms with E-state index in [1.807, 2.05) is 0 Å². The van der Waals surface area contributed by atoms with Crippen molar-refractivity contribution in [2.75, 3.05) is 21.3 Å². The maximum absolute atomic E-state index is 14.2. The Morgan fingerprint density at radius 3 is 2.35 bits per heavy atom. The molecule has 2 rings (SSSR count). The molecule has 26 heavy (non-hydrogen) atoms. The maximum atomic E-state index is 14.2. The van der Waals surface area contributed by atoms with Gasteiger partial charge in [-0.1, -0.05) is 0 Å². The van der Waals surface area contributed by atoms with Gasteiger partial charge < -0.3 is 18.6 Å². The second kappa shape index (κ2) is 7.75. The lowest BCUT2D eigenvalue weighted by Gasteiger charge is -2.11. The van der Waals surface area contributed by atoms with Crippen molar-refractivity contribution in [2.45, 2.75) is 18.4 Å². The zero-order valence-electron chi connectivity index (χ0n) is 14.6. The van der Waals surface area contributed by atoms with E-state index in [2.05, 4.69) is 9.46 Å². The van der Waals surface area contributed by atoms with E-state index in [0.29, 0.717) is 0 Å². The molecule has 0 radical (unpaired) electrons. The first-order valence-electron chi connectivity index (χ1n) is 7.32. The van der Waals surface area contributed by atoms with Gasteiger partial charge in [0, 0.05) is 12.1 Å². The number of methoxy groups -OCH3 is 3. The summed E-state index contributed by atoms with van der Waals surface area (Å²) in [6, 6.07) is 3.29. The van der Waals surface area contributed by atoms with Crippen LogP contribution in [0.2, 0.25) is 0 Å². The van der Waals surface area contributed by atoms with Crippen molar-refractivity contribution < 1.29 is 36.2 Å². The van der Waals surface area contributed by atoms with Gasteiger partial charge in [-0.3, -0.25) is 0 Å². The molecule has 2 aromatic rings. The van der Waals surface area contributed by atoms with Gasteiger partial charge in [-0.05, 0) is 13.0 Å². The quantitative estimate of drug-likeness (QED) is 0.725. The van der Waals surface area contributed by atoms with E-state index in [0.717, 1.165) is 12.1 Å². The molecular formula is C16H18FNO7S. The Kier molecular flexibility index (Phi) is 5.88. The zero-order chi connectivity index (χ0) is 19.5. The van der Waals surface area contributed by atoms with Crippen molar-refractivity contribution in [1.82, 2.24) is 4.72 Å². The highest BCUT2D eigenvalue weighted by Crippen LogP contribution is 2.31. The number of hydrogen-bond acceptors (Lipinski definition) is 7. The smallest absolute Gasteiger partial charge is 0.341 e. The van der Waals surface area contributed by atoms with Gasteiger partial charge in [0.05, 0.1) is 27.9 Å². The first-order valence-corrected chi connectivity index (χ1v) is 8.80. The van der Waals surface area contributed by atoms with E-state index in [1.54, 1.807) is 0 Å². The second-order valence-electron chi connectivity index (χ2n) is 5.14. The van der Waals surface area contributed by atoms with Crippen LogP contribution >= 0.6 is 0 Å². The van der Waals surface area contributed by atoms with Crippen LogP contribution in [0, 0.1) is 12.7 Å². The predicted molar refractivity (Wildman–Crippen MR) is 88.3 cm³/mol. The summed E-state index contributed by atoms with van der Waals surface area (Å²) in [6.07, 6.45) is 0. The molecule has 0 amide bonds. The highest BCUT2D eigenvalue weighted by Gasteiger charge is 2.23. The Labute approximate surface area is 149 Å². The molecule has 0 aliphatic heterocycles. The lowest BCUT2D eigenvalue weighted by atomic mass is 10.2. The van der Waals surface area contributed by atoms with E-state index in [9.17, 15) is 17.6 Å². The van der Waals surface area contributed by atoms with Crippen LogP contribution in [0.1, 0.15) is 21.9 Å². The number of rotatable bonds is 7. The third-order valence-electron chi connectivity index (χ3n) is 3.54. The Hall–Kier alpha value is -2.59. The summed E-state index contributed by atoms with van der Waals surface area (Å²) < 4.78 is 61.0. The molecule has 0 fully saturated rings. The molecule has 8 nitrogen and oxygen atoms in total. The molecule has 0 saturated carbocycles. The number of carbonyl (C=O) groups excluding carboxylic acids is 1. The number of aryl methyl sites for hydroxylation is 1. The number of ether oxygens (including phenoxy) is 3. The number of carbonyl (C=O) groups is 1. The molecule has 1 aromatic carbocycles. The van der Waals surface area contributed by atoms with Crippen molar-refractivity contribution in [3.8, 4) is 11.5 Å². The molecule has 142 valence electrons. The summed E-state index contributed by atoms with van der Waals surface area (Å²) in [5, 5.41) is 0. The normalized spacial score (nSPS) is 11.3. The molecule has 10 heteroatoms. The largest absolute Gasteiger partial charge is 0.493 e. The number of halogens is 1. The average Bonchev–Trinajstić information content (AvgIpc) is 2.99. The van der Waals surface area contributed by atoms with Gasteiger partial charge in [-0.15, -0.1) is 0 Å². The van der Waals surface area contributed by atoms with Crippen LogP contribution in [0.4, 0.5) is 4.39 Å². The second-order valence-corrected chi connectivity index (χ2v) is 6.87. The minimum Gasteiger partial charge on any atom is -0.493 e. The summed E-state index contributed by atoms with van der Waals surface area (Å²) in [5.74, 6) is -1.02. The third-order valence-corrected chi connectivity index (χ3v) is 4.95. The molecule has 1 N–H and O–H groups in total. The molecule has 0 atom stereocenters. The molecule has 0 aliphatic rings. The Balaban J connectivity index is 2.26. The SMILES string of the molecule is COC(=O)c1cc(CNS(=O)(=O)c2cc(OC)c(OC)cc2F)oc1C. The molecule has 1 heterocycles. The number of esters is 1. The van der Waals surface area contributed by atoms with Crippen LogP contribution in [0.5, 0.6) is 11.5 Å². The van der Waals surface area contributed by atoms with Crippen LogP contribution in [-0.4, -0.2) is 35.7 Å². The molecule has 0 unspecified atom stereocenters. The Morgan fingerprint density at radius 1 is 1.15 bits per heavy atom. The first kappa shape index (κ1) is 19.7. The van der Waals surface area contributed by atoms with E-state index in [-0.39, 0.29) is 35.1 Å². The molecule has 0 spiro atoms. The van der Waals surface area contributed by atoms with Crippen molar-refractivity contribution in [3.05, 3.63) is 41.1 Å². The lowest BCUT2D eigenvalue weighted by Crippen LogP contribution is -2.24. The van der Waals surface area contributed by atoms with Gasteiger partial charge in [-0.25, -0.2) is 22.3 Å². The maximum Gasteiger partial charge on any atom is 0.341 e. The fourth-order valence-electron chi connectivity index (χ4n) is 2.23. The van der Waals surface area contributed by atoms with E-state index >= 15 is 0 Å². The molecule has 1 aromatic heterocycles. The van der Waals surface area contributed by atoms with Gasteiger partial charge in [0.15, 0.2) is 11.5 Å². The predicted octanol–water partition coefficient (Wildman–Crippen LogP) is 2.01. The third kappa shape index (κ3) is 3.97. The highest BCUT2D eigenvalue weighted by atomic mass is 32.2. The minimum absolute atomic E-state index is 0.0633. The van der Waals surface area contributed by atoms with E-state index in [4.69, 9.17) is 13.9 Å². The molecule has 0 bridgehead atoms. The first-order chi connectivity index (χ1) is 12.2. The number of furan rings is 1. The van der Waals surface area contributed by atoms with Crippen molar-refractivity contribution in [3.63, 3.8) is 0 Å². The van der Waals surface area contributed by atoms with Gasteiger partial charge in [0.25, 0.3) is 0 Å². The van der Waals surface area contributed by atoms with Crippen LogP contribution in [-0.2, 0) is 21.3 Å². The molecule has 0 aliphatic carbocycles. The van der Waals surface area contributed by atoms with Crippen LogP contribution in [0.15, 0.2) is 27.5 Å². The fourth-order valence-corrected chi connectivity index (χ4v) is 3.29. The van der Waals surface area contributed by atoms with Crippen molar-refractivity contribution in [1.29, 1.82) is 0 Å². The lowest BCUT2D eigenvalue weighted by molar-refractivity contribution is 0.0598. The topological polar surface area (TPSA) is 104 Å². The number of hydrogen-bond donors (Lipinski definition) is 1. The number of sulfonamides is 1. The van der Waals surface area contributed by atoms with Gasteiger partial charge in [-0.2, -0.15) is 0 Å². The van der Waals surface area contributed by atoms with Crippen LogP contribution in [0.25, 0.3) is 0 Å². The summed E-state index contributed by atoms with van der Waals surface area (Å²) in [6.45, 7) is 1.26. The van der Waals surface area contributed by atoms with Gasteiger partial charge >= 0.3 is 5.97 Å². The summed E-state index contributed by atoms with van der Waals surface area (Å²) in [5.41, 5.74) is 0.180. The summed E-state index contributed by atoms with van der Waals surface area (Å²) in [7, 11) is -0.381. The van der Waals surface area contributed by atoms with Gasteiger partial charge in [0.1, 0.15) is 27.8 Å². The number of nitrogens with one attached hydrogen (secondary N) is 1. The Bertz CT molecular complexity index is 921. The Morgan fingerprint density at radius 2 is 1.77 bits per heavy atom.